The summed E-state index contributed by atoms with van der Waals surface area (Å²) in [5, 5.41) is 3.99. The van der Waals surface area contributed by atoms with Crippen molar-refractivity contribution in [2.24, 2.45) is 0 Å². The molecule has 0 aliphatic carbocycles. The molecule has 4 rings (SSSR count). The number of aryl methyl sites for hydroxylation is 2. The van der Waals surface area contributed by atoms with Crippen LogP contribution in [0.4, 0.5) is 0 Å². The Morgan fingerprint density at radius 3 is 2.52 bits per heavy atom. The minimum absolute atomic E-state index is 0.0110. The predicted octanol–water partition coefficient (Wildman–Crippen LogP) is 4.53. The maximum Gasteiger partial charge on any atom is 0.227 e. The molecule has 2 heterocycles. The van der Waals surface area contributed by atoms with Gasteiger partial charge in [0.1, 0.15) is 11.6 Å². The highest BCUT2D eigenvalue weighted by molar-refractivity contribution is 5.79. The van der Waals surface area contributed by atoms with Crippen LogP contribution >= 0.6 is 0 Å². The molecule has 0 bridgehead atoms. The van der Waals surface area contributed by atoms with Gasteiger partial charge in [0.25, 0.3) is 0 Å². The molecule has 2 aromatic heterocycles. The first-order chi connectivity index (χ1) is 16.0. The SMILES string of the molecule is COc1cccc(CC(=O)N(Cc2ccccc2)Cc2nc(C)ncc2-c2cc(C)no2)c1. The third-order valence-corrected chi connectivity index (χ3v) is 5.28. The lowest BCUT2D eigenvalue weighted by Gasteiger charge is -2.24. The van der Waals surface area contributed by atoms with E-state index in [-0.39, 0.29) is 12.3 Å². The first-order valence-corrected chi connectivity index (χ1v) is 10.7. The van der Waals surface area contributed by atoms with Crippen molar-refractivity contribution in [3.8, 4) is 17.1 Å². The second kappa shape index (κ2) is 10.1. The molecule has 1 amide bonds. The van der Waals surface area contributed by atoms with Crippen LogP contribution < -0.4 is 4.74 Å². The summed E-state index contributed by atoms with van der Waals surface area (Å²) in [5.41, 5.74) is 4.15. The van der Waals surface area contributed by atoms with E-state index in [0.29, 0.717) is 30.4 Å². The van der Waals surface area contributed by atoms with Crippen molar-refractivity contribution < 1.29 is 14.1 Å². The second-order valence-corrected chi connectivity index (χ2v) is 7.87. The van der Waals surface area contributed by atoms with Crippen LogP contribution in [0.25, 0.3) is 11.3 Å². The van der Waals surface area contributed by atoms with Crippen molar-refractivity contribution in [1.82, 2.24) is 20.0 Å². The van der Waals surface area contributed by atoms with Gasteiger partial charge in [-0.3, -0.25) is 4.79 Å². The van der Waals surface area contributed by atoms with Gasteiger partial charge in [-0.15, -0.1) is 0 Å². The van der Waals surface area contributed by atoms with Crippen LogP contribution in [0.15, 0.2) is 71.4 Å². The number of amides is 1. The minimum Gasteiger partial charge on any atom is -0.497 e. The summed E-state index contributed by atoms with van der Waals surface area (Å²) in [5.74, 6) is 1.93. The van der Waals surface area contributed by atoms with Crippen LogP contribution in [-0.4, -0.2) is 33.0 Å². The average molecular weight is 443 g/mol. The van der Waals surface area contributed by atoms with E-state index >= 15 is 0 Å². The van der Waals surface area contributed by atoms with Gasteiger partial charge in [0, 0.05) is 18.8 Å². The largest absolute Gasteiger partial charge is 0.497 e. The summed E-state index contributed by atoms with van der Waals surface area (Å²) in [6, 6.07) is 19.3. The molecule has 2 aromatic carbocycles. The van der Waals surface area contributed by atoms with Crippen LogP contribution in [0.5, 0.6) is 5.75 Å². The fraction of sp³-hybridized carbons (Fsp3) is 0.231. The molecule has 0 spiro atoms. The quantitative estimate of drug-likeness (QED) is 0.399. The van der Waals surface area contributed by atoms with Crippen LogP contribution in [0, 0.1) is 13.8 Å². The minimum atomic E-state index is -0.0110. The topological polar surface area (TPSA) is 81.4 Å². The number of nitrogens with zero attached hydrogens (tertiary/aromatic N) is 4. The van der Waals surface area contributed by atoms with Crippen LogP contribution in [0.1, 0.15) is 28.3 Å². The third-order valence-electron chi connectivity index (χ3n) is 5.28. The first-order valence-electron chi connectivity index (χ1n) is 10.7. The Hall–Kier alpha value is -4.00. The van der Waals surface area contributed by atoms with Crippen molar-refractivity contribution in [3.63, 3.8) is 0 Å². The zero-order chi connectivity index (χ0) is 23.2. The number of carbonyl (C=O) groups is 1. The number of rotatable bonds is 8. The van der Waals surface area contributed by atoms with Crippen molar-refractivity contribution in [2.45, 2.75) is 33.4 Å². The van der Waals surface area contributed by atoms with Crippen molar-refractivity contribution in [2.75, 3.05) is 7.11 Å². The maximum atomic E-state index is 13.5. The average Bonchev–Trinajstić information content (AvgIpc) is 3.25. The van der Waals surface area contributed by atoms with Gasteiger partial charge in [0.2, 0.25) is 5.91 Å². The van der Waals surface area contributed by atoms with E-state index in [4.69, 9.17) is 9.26 Å². The van der Waals surface area contributed by atoms with Gasteiger partial charge in [-0.1, -0.05) is 47.6 Å². The zero-order valence-electron chi connectivity index (χ0n) is 19.0. The zero-order valence-corrected chi connectivity index (χ0v) is 19.0. The van der Waals surface area contributed by atoms with Gasteiger partial charge in [-0.05, 0) is 37.1 Å². The van der Waals surface area contributed by atoms with E-state index < -0.39 is 0 Å². The van der Waals surface area contributed by atoms with E-state index in [1.807, 2.05) is 79.4 Å². The first kappa shape index (κ1) is 22.2. The molecule has 168 valence electrons. The van der Waals surface area contributed by atoms with Gasteiger partial charge in [0.15, 0.2) is 5.76 Å². The van der Waals surface area contributed by atoms with Gasteiger partial charge in [0.05, 0.1) is 37.0 Å². The molecule has 0 aliphatic heterocycles. The Morgan fingerprint density at radius 2 is 1.79 bits per heavy atom. The Bertz CT molecular complexity index is 1240. The number of hydrogen-bond acceptors (Lipinski definition) is 6. The predicted molar refractivity (Wildman–Crippen MR) is 124 cm³/mol. The van der Waals surface area contributed by atoms with E-state index in [0.717, 1.165) is 28.1 Å². The lowest BCUT2D eigenvalue weighted by molar-refractivity contribution is -0.131. The standard InChI is InChI=1S/C26H26N4O3/c1-18-12-25(33-29-18)23-15-27-19(2)28-24(23)17-30(16-20-8-5-4-6-9-20)26(31)14-21-10-7-11-22(13-21)32-3/h4-13,15H,14,16-17H2,1-3H3. The molecule has 0 radical (unpaired) electrons. The van der Waals surface area contributed by atoms with Crippen LogP contribution in [-0.2, 0) is 24.3 Å². The number of methoxy groups -OCH3 is 1. The number of aromatic nitrogens is 3. The van der Waals surface area contributed by atoms with Gasteiger partial charge in [-0.25, -0.2) is 9.97 Å². The lowest BCUT2D eigenvalue weighted by Crippen LogP contribution is -2.32. The van der Waals surface area contributed by atoms with E-state index in [9.17, 15) is 4.79 Å². The monoisotopic (exact) mass is 442 g/mol. The molecule has 33 heavy (non-hydrogen) atoms. The number of ether oxygens (including phenoxy) is 1. The molecule has 7 heteroatoms. The number of carbonyl (C=O) groups excluding carboxylic acids is 1. The molecule has 0 atom stereocenters. The normalized spacial score (nSPS) is 10.8. The van der Waals surface area contributed by atoms with Gasteiger partial charge < -0.3 is 14.2 Å². The van der Waals surface area contributed by atoms with Gasteiger partial charge >= 0.3 is 0 Å². The summed E-state index contributed by atoms with van der Waals surface area (Å²) in [6.07, 6.45) is 1.98. The van der Waals surface area contributed by atoms with E-state index in [1.54, 1.807) is 13.3 Å². The van der Waals surface area contributed by atoms with E-state index in [2.05, 4.69) is 15.1 Å². The van der Waals surface area contributed by atoms with Gasteiger partial charge in [-0.2, -0.15) is 0 Å². The molecular weight excluding hydrogens is 416 g/mol. The molecule has 0 saturated heterocycles. The number of benzene rings is 2. The summed E-state index contributed by atoms with van der Waals surface area (Å²) in [4.78, 5) is 24.2. The summed E-state index contributed by atoms with van der Waals surface area (Å²) < 4.78 is 10.8. The summed E-state index contributed by atoms with van der Waals surface area (Å²) in [6.45, 7) is 4.47. The Morgan fingerprint density at radius 1 is 1.00 bits per heavy atom. The molecule has 0 saturated carbocycles. The smallest absolute Gasteiger partial charge is 0.227 e. The fourth-order valence-corrected chi connectivity index (χ4v) is 3.62. The molecule has 0 aliphatic rings. The maximum absolute atomic E-state index is 13.5. The highest BCUT2D eigenvalue weighted by Crippen LogP contribution is 2.25. The van der Waals surface area contributed by atoms with Crippen LogP contribution in [0.2, 0.25) is 0 Å². The highest BCUT2D eigenvalue weighted by Gasteiger charge is 2.20. The second-order valence-electron chi connectivity index (χ2n) is 7.87. The molecule has 0 fully saturated rings. The fourth-order valence-electron chi connectivity index (χ4n) is 3.62. The Balaban J connectivity index is 1.65. The van der Waals surface area contributed by atoms with Crippen molar-refractivity contribution in [1.29, 1.82) is 0 Å². The van der Waals surface area contributed by atoms with Crippen molar-refractivity contribution >= 4 is 5.91 Å². The lowest BCUT2D eigenvalue weighted by atomic mass is 10.1. The summed E-state index contributed by atoms with van der Waals surface area (Å²) in [7, 11) is 1.62. The van der Waals surface area contributed by atoms with Crippen LogP contribution in [0.3, 0.4) is 0 Å². The molecule has 0 N–H and O–H groups in total. The number of hydrogen-bond donors (Lipinski definition) is 0. The molecule has 0 unspecified atom stereocenters. The third kappa shape index (κ3) is 5.63. The molecular formula is C26H26N4O3. The van der Waals surface area contributed by atoms with Crippen molar-refractivity contribution in [3.05, 3.63) is 95.2 Å². The Kier molecular flexibility index (Phi) is 6.78. The Labute approximate surface area is 193 Å². The van der Waals surface area contributed by atoms with E-state index in [1.165, 1.54) is 0 Å². The summed E-state index contributed by atoms with van der Waals surface area (Å²) >= 11 is 0. The molecule has 7 nitrogen and oxygen atoms in total. The molecule has 4 aromatic rings. The highest BCUT2D eigenvalue weighted by atomic mass is 16.5.